The Morgan fingerprint density at radius 3 is 2.80 bits per heavy atom. The molecule has 1 saturated carbocycles. The van der Waals surface area contributed by atoms with Crippen molar-refractivity contribution in [1.82, 2.24) is 4.90 Å². The molecule has 0 amide bonds. The molecule has 1 aliphatic heterocycles. The quantitative estimate of drug-likeness (QED) is 0.755. The Kier molecular flexibility index (Phi) is 4.88. The number of halogens is 1. The Hall–Kier alpha value is -1.32. The van der Waals surface area contributed by atoms with E-state index in [2.05, 4.69) is 51.2 Å². The Morgan fingerprint density at radius 1 is 1.12 bits per heavy atom. The SMILES string of the molecule is Oc1ccc(Br)c([C@@]23CCC[C@@H](C2)N(CCc2ccccc2)CC3)c1. The predicted molar refractivity (Wildman–Crippen MR) is 106 cm³/mol. The summed E-state index contributed by atoms with van der Waals surface area (Å²) < 4.78 is 1.16. The average Bonchev–Trinajstić information content (AvgIpc) is 2.64. The van der Waals surface area contributed by atoms with Crippen molar-refractivity contribution in [2.75, 3.05) is 13.1 Å². The van der Waals surface area contributed by atoms with E-state index in [1.165, 1.54) is 49.8 Å². The van der Waals surface area contributed by atoms with Crippen molar-refractivity contribution in [3.8, 4) is 5.75 Å². The molecule has 4 rings (SSSR count). The third-order valence-electron chi connectivity index (χ3n) is 6.26. The second-order valence-electron chi connectivity index (χ2n) is 7.72. The van der Waals surface area contributed by atoms with E-state index in [9.17, 15) is 5.11 Å². The topological polar surface area (TPSA) is 23.5 Å². The molecule has 2 bridgehead atoms. The summed E-state index contributed by atoms with van der Waals surface area (Å²) in [5, 5.41) is 9.99. The lowest BCUT2D eigenvalue weighted by atomic mass is 9.63. The Bertz CT molecular complexity index is 732. The van der Waals surface area contributed by atoms with Crippen LogP contribution in [0.2, 0.25) is 0 Å². The fourth-order valence-electron chi connectivity index (χ4n) is 4.92. The number of aromatic hydroxyl groups is 1. The van der Waals surface area contributed by atoms with Crippen molar-refractivity contribution in [2.45, 2.75) is 50.0 Å². The summed E-state index contributed by atoms with van der Waals surface area (Å²) in [6.45, 7) is 2.32. The molecule has 1 N–H and O–H groups in total. The standard InChI is InChI=1S/C22H26BrNO/c23-21-9-8-19(25)15-20(21)22-11-4-7-18(16-22)24(14-12-22)13-10-17-5-2-1-3-6-17/h1-3,5-6,8-9,15,18,25H,4,7,10-14,16H2/t18-,22+/m0/s1. The molecule has 1 heterocycles. The maximum atomic E-state index is 9.99. The van der Waals surface area contributed by atoms with Crippen LogP contribution in [0.15, 0.2) is 53.0 Å². The number of fused-ring (bicyclic) bond motifs is 2. The number of likely N-dealkylation sites (tertiary alicyclic amines) is 1. The Morgan fingerprint density at radius 2 is 1.96 bits per heavy atom. The molecule has 2 atom stereocenters. The average molecular weight is 400 g/mol. The molecule has 0 unspecified atom stereocenters. The van der Waals surface area contributed by atoms with Crippen molar-refractivity contribution in [2.24, 2.45) is 0 Å². The fraction of sp³-hybridized carbons (Fsp3) is 0.455. The predicted octanol–water partition coefficient (Wildman–Crippen LogP) is 5.28. The summed E-state index contributed by atoms with van der Waals surface area (Å²) in [6, 6.07) is 17.3. The molecule has 2 nitrogen and oxygen atoms in total. The highest BCUT2D eigenvalue weighted by atomic mass is 79.9. The highest BCUT2D eigenvalue weighted by Gasteiger charge is 2.44. The summed E-state index contributed by atoms with van der Waals surface area (Å²) in [5.41, 5.74) is 3.00. The van der Waals surface area contributed by atoms with E-state index in [-0.39, 0.29) is 5.41 Å². The van der Waals surface area contributed by atoms with Crippen molar-refractivity contribution < 1.29 is 5.11 Å². The first-order valence-electron chi connectivity index (χ1n) is 9.43. The molecule has 0 radical (unpaired) electrons. The van der Waals surface area contributed by atoms with Crippen LogP contribution in [-0.2, 0) is 11.8 Å². The van der Waals surface area contributed by atoms with Crippen LogP contribution in [-0.4, -0.2) is 29.1 Å². The van der Waals surface area contributed by atoms with Gasteiger partial charge in [-0.1, -0.05) is 52.7 Å². The number of phenolic OH excluding ortho intramolecular Hbond substituents is 1. The van der Waals surface area contributed by atoms with Crippen molar-refractivity contribution in [1.29, 1.82) is 0 Å². The van der Waals surface area contributed by atoms with Crippen LogP contribution in [0.1, 0.15) is 43.2 Å². The number of nitrogens with zero attached hydrogens (tertiary/aromatic N) is 1. The van der Waals surface area contributed by atoms with Crippen molar-refractivity contribution in [3.63, 3.8) is 0 Å². The van der Waals surface area contributed by atoms with Crippen molar-refractivity contribution >= 4 is 15.9 Å². The molecular formula is C22H26BrNO. The van der Waals surface area contributed by atoms with E-state index >= 15 is 0 Å². The van der Waals surface area contributed by atoms with Gasteiger partial charge in [-0.15, -0.1) is 0 Å². The summed E-state index contributed by atoms with van der Waals surface area (Å²) in [6.07, 6.45) is 7.41. The van der Waals surface area contributed by atoms with E-state index in [4.69, 9.17) is 0 Å². The molecule has 1 aliphatic carbocycles. The zero-order valence-electron chi connectivity index (χ0n) is 14.6. The number of hydrogen-bond acceptors (Lipinski definition) is 2. The lowest BCUT2D eigenvalue weighted by molar-refractivity contribution is 0.0521. The minimum Gasteiger partial charge on any atom is -0.508 e. The van der Waals surface area contributed by atoms with Gasteiger partial charge in [0.15, 0.2) is 0 Å². The minimum absolute atomic E-state index is 0.240. The molecule has 3 heteroatoms. The van der Waals surface area contributed by atoms with Gasteiger partial charge in [0.1, 0.15) is 5.75 Å². The molecule has 2 fully saturated rings. The molecule has 2 aromatic rings. The van der Waals surface area contributed by atoms with E-state index < -0.39 is 0 Å². The number of piperidine rings is 1. The third kappa shape index (κ3) is 3.50. The largest absolute Gasteiger partial charge is 0.508 e. The van der Waals surface area contributed by atoms with E-state index in [1.807, 2.05) is 12.1 Å². The van der Waals surface area contributed by atoms with E-state index in [0.717, 1.165) is 17.4 Å². The molecule has 0 aromatic heterocycles. The molecular weight excluding hydrogens is 374 g/mol. The number of benzene rings is 2. The number of rotatable bonds is 4. The van der Waals surface area contributed by atoms with Crippen LogP contribution in [0, 0.1) is 0 Å². The minimum atomic E-state index is 0.240. The van der Waals surface area contributed by atoms with Crippen LogP contribution >= 0.6 is 15.9 Å². The second kappa shape index (κ2) is 7.13. The number of hydrogen-bond donors (Lipinski definition) is 1. The van der Waals surface area contributed by atoms with Gasteiger partial charge in [-0.05, 0) is 73.4 Å². The van der Waals surface area contributed by atoms with Crippen LogP contribution in [0.5, 0.6) is 5.75 Å². The lowest BCUT2D eigenvalue weighted by Gasteiger charge is -2.51. The van der Waals surface area contributed by atoms with E-state index in [0.29, 0.717) is 11.8 Å². The van der Waals surface area contributed by atoms with Crippen LogP contribution < -0.4 is 0 Å². The van der Waals surface area contributed by atoms with Gasteiger partial charge in [0, 0.05) is 17.1 Å². The highest BCUT2D eigenvalue weighted by Crippen LogP contribution is 2.49. The Balaban J connectivity index is 1.49. The van der Waals surface area contributed by atoms with Crippen LogP contribution in [0.25, 0.3) is 0 Å². The van der Waals surface area contributed by atoms with Gasteiger partial charge in [-0.25, -0.2) is 0 Å². The highest BCUT2D eigenvalue weighted by molar-refractivity contribution is 9.10. The van der Waals surface area contributed by atoms with Gasteiger partial charge in [0.05, 0.1) is 0 Å². The zero-order valence-corrected chi connectivity index (χ0v) is 16.2. The smallest absolute Gasteiger partial charge is 0.115 e. The molecule has 2 aliphatic rings. The van der Waals surface area contributed by atoms with Crippen LogP contribution in [0.3, 0.4) is 0 Å². The van der Waals surface area contributed by atoms with Gasteiger partial charge in [0.25, 0.3) is 0 Å². The maximum Gasteiger partial charge on any atom is 0.115 e. The lowest BCUT2D eigenvalue weighted by Crippen LogP contribution is -2.52. The van der Waals surface area contributed by atoms with Gasteiger partial charge in [-0.3, -0.25) is 4.90 Å². The van der Waals surface area contributed by atoms with Gasteiger partial charge in [-0.2, -0.15) is 0 Å². The first-order chi connectivity index (χ1) is 12.2. The molecule has 0 spiro atoms. The first kappa shape index (κ1) is 17.1. The third-order valence-corrected chi connectivity index (χ3v) is 6.96. The monoisotopic (exact) mass is 399 g/mol. The summed E-state index contributed by atoms with van der Waals surface area (Å²) in [4.78, 5) is 2.71. The van der Waals surface area contributed by atoms with Gasteiger partial charge >= 0.3 is 0 Å². The summed E-state index contributed by atoms with van der Waals surface area (Å²) in [5.74, 6) is 0.390. The normalized spacial score (nSPS) is 26.5. The first-order valence-corrected chi connectivity index (χ1v) is 10.2. The molecule has 132 valence electrons. The summed E-state index contributed by atoms with van der Waals surface area (Å²) in [7, 11) is 0. The molecule has 25 heavy (non-hydrogen) atoms. The van der Waals surface area contributed by atoms with Crippen molar-refractivity contribution in [3.05, 3.63) is 64.1 Å². The van der Waals surface area contributed by atoms with E-state index in [1.54, 1.807) is 6.07 Å². The number of phenols is 1. The van der Waals surface area contributed by atoms with Crippen LogP contribution in [0.4, 0.5) is 0 Å². The van der Waals surface area contributed by atoms with Gasteiger partial charge < -0.3 is 5.11 Å². The second-order valence-corrected chi connectivity index (χ2v) is 8.57. The maximum absolute atomic E-state index is 9.99. The zero-order chi connectivity index (χ0) is 17.3. The molecule has 1 saturated heterocycles. The Labute approximate surface area is 159 Å². The summed E-state index contributed by atoms with van der Waals surface area (Å²) >= 11 is 3.74. The molecule has 2 aromatic carbocycles. The fourth-order valence-corrected chi connectivity index (χ4v) is 5.59. The van der Waals surface area contributed by atoms with Gasteiger partial charge in [0.2, 0.25) is 0 Å².